The summed E-state index contributed by atoms with van der Waals surface area (Å²) < 4.78 is 23.0. The van der Waals surface area contributed by atoms with Gasteiger partial charge in [-0.25, -0.2) is 8.42 Å². The molecule has 1 aliphatic heterocycles. The second-order valence-corrected chi connectivity index (χ2v) is 6.53. The molecule has 4 nitrogen and oxygen atoms in total. The molecular formula is C10H23ClN2O2S. The number of likely N-dealkylation sites (tertiary alicyclic amines) is 1. The van der Waals surface area contributed by atoms with Gasteiger partial charge in [-0.2, -0.15) is 0 Å². The second kappa shape index (κ2) is 7.48. The van der Waals surface area contributed by atoms with Crippen LogP contribution in [0.5, 0.6) is 0 Å². The predicted molar refractivity (Wildman–Crippen MR) is 70.1 cm³/mol. The smallest absolute Gasteiger partial charge is 0.151 e. The van der Waals surface area contributed by atoms with Crippen LogP contribution >= 0.6 is 12.4 Å². The molecule has 0 saturated carbocycles. The van der Waals surface area contributed by atoms with Gasteiger partial charge in [-0.15, -0.1) is 12.4 Å². The van der Waals surface area contributed by atoms with Crippen LogP contribution in [0.4, 0.5) is 0 Å². The number of halogens is 1. The molecule has 16 heavy (non-hydrogen) atoms. The predicted octanol–water partition coefficient (Wildman–Crippen LogP) is 0.527. The van der Waals surface area contributed by atoms with E-state index in [1.165, 1.54) is 0 Å². The highest BCUT2D eigenvalue weighted by atomic mass is 35.5. The fraction of sp³-hybridized carbons (Fsp3) is 1.00. The lowest BCUT2D eigenvalue weighted by Crippen LogP contribution is -2.32. The van der Waals surface area contributed by atoms with Crippen molar-refractivity contribution in [1.82, 2.24) is 10.2 Å². The van der Waals surface area contributed by atoms with E-state index in [2.05, 4.69) is 10.2 Å². The van der Waals surface area contributed by atoms with Gasteiger partial charge < -0.3 is 10.2 Å². The van der Waals surface area contributed by atoms with E-state index >= 15 is 0 Å². The van der Waals surface area contributed by atoms with Crippen molar-refractivity contribution in [3.05, 3.63) is 0 Å². The van der Waals surface area contributed by atoms with Gasteiger partial charge in [0, 0.05) is 24.9 Å². The summed E-state index contributed by atoms with van der Waals surface area (Å²) in [6, 6.07) is 0.541. The van der Waals surface area contributed by atoms with Crippen molar-refractivity contribution in [2.24, 2.45) is 0 Å². The van der Waals surface area contributed by atoms with Gasteiger partial charge in [0.05, 0.1) is 5.75 Å². The molecule has 1 heterocycles. The second-order valence-electron chi connectivity index (χ2n) is 4.23. The van der Waals surface area contributed by atoms with Gasteiger partial charge in [-0.3, -0.25) is 0 Å². The first-order valence-corrected chi connectivity index (χ1v) is 7.49. The molecule has 1 unspecified atom stereocenters. The van der Waals surface area contributed by atoms with Gasteiger partial charge in [-0.05, 0) is 26.4 Å². The van der Waals surface area contributed by atoms with Crippen LogP contribution in [-0.2, 0) is 9.84 Å². The van der Waals surface area contributed by atoms with E-state index < -0.39 is 9.84 Å². The van der Waals surface area contributed by atoms with Crippen LogP contribution in [0.1, 0.15) is 19.8 Å². The molecule has 0 spiro atoms. The van der Waals surface area contributed by atoms with Crippen molar-refractivity contribution in [3.63, 3.8) is 0 Å². The van der Waals surface area contributed by atoms with E-state index in [9.17, 15) is 8.42 Å². The summed E-state index contributed by atoms with van der Waals surface area (Å²) >= 11 is 0. The first-order chi connectivity index (χ1) is 7.07. The third-order valence-corrected chi connectivity index (χ3v) is 4.75. The number of hydrogen-bond donors (Lipinski definition) is 1. The third kappa shape index (κ3) is 5.48. The molecule has 1 N–H and O–H groups in total. The number of hydrogen-bond acceptors (Lipinski definition) is 4. The zero-order chi connectivity index (χ0) is 11.3. The molecule has 98 valence electrons. The molecule has 1 aliphatic rings. The lowest BCUT2D eigenvalue weighted by Gasteiger charge is -2.15. The average Bonchev–Trinajstić information content (AvgIpc) is 2.62. The summed E-state index contributed by atoms with van der Waals surface area (Å²) in [5.41, 5.74) is 0. The highest BCUT2D eigenvalue weighted by Crippen LogP contribution is 2.08. The van der Waals surface area contributed by atoms with E-state index in [1.807, 2.05) is 14.0 Å². The van der Waals surface area contributed by atoms with Crippen molar-refractivity contribution in [2.75, 3.05) is 38.2 Å². The maximum Gasteiger partial charge on any atom is 0.151 e. The summed E-state index contributed by atoms with van der Waals surface area (Å²) in [5.74, 6) is 0.646. The molecular weight excluding hydrogens is 248 g/mol. The van der Waals surface area contributed by atoms with Gasteiger partial charge in [0.1, 0.15) is 0 Å². The quantitative estimate of drug-likeness (QED) is 0.765. The number of nitrogens with zero attached hydrogens (tertiary/aromatic N) is 1. The molecule has 6 heteroatoms. The topological polar surface area (TPSA) is 49.4 Å². The number of nitrogens with one attached hydrogen (secondary N) is 1. The minimum Gasteiger partial charge on any atom is -0.316 e. The molecule has 1 atom stereocenters. The van der Waals surface area contributed by atoms with Crippen molar-refractivity contribution in [1.29, 1.82) is 0 Å². The van der Waals surface area contributed by atoms with Crippen molar-refractivity contribution in [3.8, 4) is 0 Å². The van der Waals surface area contributed by atoms with Crippen LogP contribution in [-0.4, -0.2) is 57.5 Å². The number of sulfone groups is 1. The Balaban J connectivity index is 0.00000225. The summed E-state index contributed by atoms with van der Waals surface area (Å²) in [5, 5.41) is 3.23. The monoisotopic (exact) mass is 270 g/mol. The Morgan fingerprint density at radius 3 is 2.56 bits per heavy atom. The lowest BCUT2D eigenvalue weighted by atomic mass is 10.3. The third-order valence-electron chi connectivity index (χ3n) is 2.91. The molecule has 0 aromatic rings. The SMILES string of the molecule is CCCS(=O)(=O)CCN1CCC(NC)C1.Cl. The molecule has 0 radical (unpaired) electrons. The zero-order valence-corrected chi connectivity index (χ0v) is 11.7. The van der Waals surface area contributed by atoms with Crippen molar-refractivity contribution < 1.29 is 8.42 Å². The minimum absolute atomic E-state index is 0. The standard InChI is InChI=1S/C10H22N2O2S.ClH/c1-3-7-15(13,14)8-6-12-5-4-10(9-12)11-2;/h10-11H,3-9H2,1-2H3;1H. The molecule has 0 aromatic heterocycles. The first-order valence-electron chi connectivity index (χ1n) is 5.67. The Kier molecular flexibility index (Phi) is 7.55. The van der Waals surface area contributed by atoms with E-state index in [0.29, 0.717) is 24.1 Å². The molecule has 1 saturated heterocycles. The summed E-state index contributed by atoms with van der Waals surface area (Å²) in [6.07, 6.45) is 1.85. The van der Waals surface area contributed by atoms with E-state index in [4.69, 9.17) is 0 Å². The Bertz CT molecular complexity index is 283. The molecule has 0 aromatic carbocycles. The Morgan fingerprint density at radius 2 is 2.06 bits per heavy atom. The zero-order valence-electron chi connectivity index (χ0n) is 10.1. The summed E-state index contributed by atoms with van der Waals surface area (Å²) in [4.78, 5) is 2.23. The largest absolute Gasteiger partial charge is 0.316 e. The van der Waals surface area contributed by atoms with Crippen LogP contribution < -0.4 is 5.32 Å². The molecule has 0 bridgehead atoms. The van der Waals surface area contributed by atoms with Crippen LogP contribution in [0.15, 0.2) is 0 Å². The molecule has 0 aliphatic carbocycles. The first kappa shape index (κ1) is 16.2. The Hall–Kier alpha value is 0.160. The lowest BCUT2D eigenvalue weighted by molar-refractivity contribution is 0.349. The van der Waals surface area contributed by atoms with Gasteiger partial charge in [0.2, 0.25) is 0 Å². The maximum atomic E-state index is 11.5. The fourth-order valence-electron chi connectivity index (χ4n) is 1.95. The van der Waals surface area contributed by atoms with Crippen molar-refractivity contribution >= 4 is 22.2 Å². The van der Waals surface area contributed by atoms with E-state index in [0.717, 1.165) is 25.9 Å². The van der Waals surface area contributed by atoms with Crippen molar-refractivity contribution in [2.45, 2.75) is 25.8 Å². The minimum atomic E-state index is -2.81. The van der Waals surface area contributed by atoms with Gasteiger partial charge >= 0.3 is 0 Å². The van der Waals surface area contributed by atoms with Crippen LogP contribution in [0.25, 0.3) is 0 Å². The van der Waals surface area contributed by atoms with Gasteiger partial charge in [0.25, 0.3) is 0 Å². The Morgan fingerprint density at radius 1 is 1.38 bits per heavy atom. The van der Waals surface area contributed by atoms with E-state index in [-0.39, 0.29) is 12.4 Å². The number of rotatable bonds is 6. The molecule has 0 amide bonds. The van der Waals surface area contributed by atoms with Crippen LogP contribution in [0.2, 0.25) is 0 Å². The van der Waals surface area contributed by atoms with Gasteiger partial charge in [0.15, 0.2) is 9.84 Å². The fourth-order valence-corrected chi connectivity index (χ4v) is 3.32. The Labute approximate surface area is 105 Å². The normalized spacial score (nSPS) is 22.0. The van der Waals surface area contributed by atoms with E-state index in [1.54, 1.807) is 0 Å². The average molecular weight is 271 g/mol. The molecule has 1 fully saturated rings. The van der Waals surface area contributed by atoms with Crippen LogP contribution in [0.3, 0.4) is 0 Å². The summed E-state index contributed by atoms with van der Waals surface area (Å²) in [6.45, 7) is 4.61. The van der Waals surface area contributed by atoms with Gasteiger partial charge in [-0.1, -0.05) is 6.92 Å². The maximum absolute atomic E-state index is 11.5. The van der Waals surface area contributed by atoms with Crippen LogP contribution in [0, 0.1) is 0 Å². The highest BCUT2D eigenvalue weighted by Gasteiger charge is 2.22. The summed E-state index contributed by atoms with van der Waals surface area (Å²) in [7, 11) is -0.845. The highest BCUT2D eigenvalue weighted by molar-refractivity contribution is 7.91. The molecule has 1 rings (SSSR count). The number of likely N-dealkylation sites (N-methyl/N-ethyl adjacent to an activating group) is 1.